The Morgan fingerprint density at radius 2 is 2.24 bits per heavy atom. The number of nitrogens with zero attached hydrogens (tertiary/aromatic N) is 5. The molecule has 1 N–H and O–H groups in total. The van der Waals surface area contributed by atoms with E-state index in [-0.39, 0.29) is 5.69 Å². The Bertz CT molecular complexity index is 813. The normalized spacial score (nSPS) is 10.7. The van der Waals surface area contributed by atoms with E-state index in [0.29, 0.717) is 18.1 Å². The molecule has 3 aromatic rings. The topological polar surface area (TPSA) is 98.8 Å². The van der Waals surface area contributed by atoms with E-state index in [2.05, 4.69) is 20.4 Å². The average Bonchev–Trinajstić information content (AvgIpc) is 2.89. The minimum Gasteiger partial charge on any atom is -0.357 e. The van der Waals surface area contributed by atoms with Gasteiger partial charge in [-0.05, 0) is 5.56 Å². The molecule has 0 fully saturated rings. The summed E-state index contributed by atoms with van der Waals surface area (Å²) in [7, 11) is 1.74. The first-order valence-corrected chi connectivity index (χ1v) is 6.27. The molecule has 0 saturated heterocycles. The molecule has 0 spiro atoms. The molecule has 21 heavy (non-hydrogen) atoms. The lowest BCUT2D eigenvalue weighted by atomic mass is 10.2. The van der Waals surface area contributed by atoms with Gasteiger partial charge in [0.25, 0.3) is 5.69 Å². The summed E-state index contributed by atoms with van der Waals surface area (Å²) < 4.78 is 1.69. The maximum atomic E-state index is 10.8. The Balaban J connectivity index is 1.98. The largest absolute Gasteiger partial charge is 0.357 e. The lowest BCUT2D eigenvalue weighted by Crippen LogP contribution is -2.04. The predicted octanol–water partition coefficient (Wildman–Crippen LogP) is 1.82. The minimum absolute atomic E-state index is 0.0644. The highest BCUT2D eigenvalue weighted by Crippen LogP contribution is 2.17. The van der Waals surface area contributed by atoms with Crippen molar-refractivity contribution in [2.24, 2.45) is 0 Å². The zero-order valence-corrected chi connectivity index (χ0v) is 11.2. The molecule has 8 heteroatoms. The third kappa shape index (κ3) is 2.50. The monoisotopic (exact) mass is 284 g/mol. The molecule has 0 radical (unpaired) electrons. The fourth-order valence-electron chi connectivity index (χ4n) is 2.04. The second-order valence-corrected chi connectivity index (χ2v) is 4.45. The summed E-state index contributed by atoms with van der Waals surface area (Å²) in [6.45, 7) is 0.408. The Morgan fingerprint density at radius 3 is 3.00 bits per heavy atom. The molecule has 2 aromatic heterocycles. The van der Waals surface area contributed by atoms with E-state index in [1.54, 1.807) is 30.2 Å². The molecule has 0 bridgehead atoms. The van der Waals surface area contributed by atoms with Crippen LogP contribution in [0.2, 0.25) is 0 Å². The van der Waals surface area contributed by atoms with Crippen LogP contribution in [0, 0.1) is 10.1 Å². The highest BCUT2D eigenvalue weighted by molar-refractivity contribution is 5.74. The zero-order chi connectivity index (χ0) is 14.8. The van der Waals surface area contributed by atoms with Gasteiger partial charge in [-0.2, -0.15) is 10.1 Å². The summed E-state index contributed by atoms with van der Waals surface area (Å²) in [5.41, 5.74) is 1.54. The van der Waals surface area contributed by atoms with Gasteiger partial charge in [-0.1, -0.05) is 12.1 Å². The molecule has 0 saturated carbocycles. The van der Waals surface area contributed by atoms with Gasteiger partial charge in [0.2, 0.25) is 5.95 Å². The molecule has 0 amide bonds. The number of rotatable bonds is 4. The molecular formula is C13H12N6O2. The van der Waals surface area contributed by atoms with Gasteiger partial charge in [-0.3, -0.25) is 10.1 Å². The Morgan fingerprint density at radius 1 is 1.38 bits per heavy atom. The van der Waals surface area contributed by atoms with E-state index in [9.17, 15) is 10.1 Å². The second-order valence-electron chi connectivity index (χ2n) is 4.45. The molecular weight excluding hydrogens is 272 g/mol. The molecule has 0 aliphatic heterocycles. The molecule has 3 rings (SSSR count). The molecule has 0 aliphatic rings. The molecule has 1 aromatic carbocycles. The number of hydrogen-bond donors (Lipinski definition) is 1. The molecule has 8 nitrogen and oxygen atoms in total. The quantitative estimate of drug-likeness (QED) is 0.579. The lowest BCUT2D eigenvalue weighted by molar-refractivity contribution is -0.384. The second kappa shape index (κ2) is 5.16. The number of nitrogens with one attached hydrogen (secondary N) is 1. The molecule has 2 heterocycles. The SMILES string of the molecule is CNc1ncc2cnn(Cc3cccc([N+](=O)[O-])c3)c2n1. The summed E-state index contributed by atoms with van der Waals surface area (Å²) in [5, 5.41) is 18.8. The van der Waals surface area contributed by atoms with E-state index in [1.807, 2.05) is 6.07 Å². The van der Waals surface area contributed by atoms with E-state index < -0.39 is 4.92 Å². The van der Waals surface area contributed by atoms with Crippen molar-refractivity contribution in [3.8, 4) is 0 Å². The fraction of sp³-hybridized carbons (Fsp3) is 0.154. The third-order valence-corrected chi connectivity index (χ3v) is 3.05. The van der Waals surface area contributed by atoms with Gasteiger partial charge in [0.05, 0.1) is 23.1 Å². The summed E-state index contributed by atoms with van der Waals surface area (Å²) in [5.74, 6) is 0.503. The van der Waals surface area contributed by atoms with Crippen molar-refractivity contribution < 1.29 is 4.92 Å². The molecule has 0 atom stereocenters. The number of hydrogen-bond acceptors (Lipinski definition) is 6. The van der Waals surface area contributed by atoms with Crippen LogP contribution in [0.3, 0.4) is 0 Å². The Labute approximate surface area is 119 Å². The van der Waals surface area contributed by atoms with Crippen molar-refractivity contribution in [1.29, 1.82) is 0 Å². The van der Waals surface area contributed by atoms with Crippen molar-refractivity contribution in [3.63, 3.8) is 0 Å². The van der Waals surface area contributed by atoms with Gasteiger partial charge in [0.15, 0.2) is 5.65 Å². The smallest absolute Gasteiger partial charge is 0.269 e. The van der Waals surface area contributed by atoms with Crippen LogP contribution in [0.4, 0.5) is 11.6 Å². The Kier molecular flexibility index (Phi) is 3.19. The van der Waals surface area contributed by atoms with Crippen LogP contribution < -0.4 is 5.32 Å². The van der Waals surface area contributed by atoms with Crippen molar-refractivity contribution in [3.05, 3.63) is 52.3 Å². The van der Waals surface area contributed by atoms with Gasteiger partial charge < -0.3 is 5.32 Å². The van der Waals surface area contributed by atoms with Gasteiger partial charge >= 0.3 is 0 Å². The summed E-state index contributed by atoms with van der Waals surface area (Å²) in [4.78, 5) is 18.9. The number of nitro groups is 1. The predicted molar refractivity (Wildman–Crippen MR) is 77.1 cm³/mol. The van der Waals surface area contributed by atoms with Crippen LogP contribution in [0.5, 0.6) is 0 Å². The number of nitro benzene ring substituents is 1. The maximum Gasteiger partial charge on any atom is 0.269 e. The van der Waals surface area contributed by atoms with Gasteiger partial charge in [0.1, 0.15) is 0 Å². The minimum atomic E-state index is -0.411. The zero-order valence-electron chi connectivity index (χ0n) is 11.2. The van der Waals surface area contributed by atoms with Crippen LogP contribution in [0.25, 0.3) is 11.0 Å². The first-order chi connectivity index (χ1) is 10.2. The fourth-order valence-corrected chi connectivity index (χ4v) is 2.04. The average molecular weight is 284 g/mol. The van der Waals surface area contributed by atoms with E-state index >= 15 is 0 Å². The third-order valence-electron chi connectivity index (χ3n) is 3.05. The van der Waals surface area contributed by atoms with Crippen LogP contribution in [0.15, 0.2) is 36.7 Å². The molecule has 106 valence electrons. The number of anilines is 1. The van der Waals surface area contributed by atoms with Gasteiger partial charge in [0, 0.05) is 25.4 Å². The van der Waals surface area contributed by atoms with Crippen LogP contribution in [-0.4, -0.2) is 31.7 Å². The number of fused-ring (bicyclic) bond motifs is 1. The molecule has 0 unspecified atom stereocenters. The van der Waals surface area contributed by atoms with E-state index in [4.69, 9.17) is 0 Å². The number of non-ortho nitro benzene ring substituents is 1. The first kappa shape index (κ1) is 13.0. The summed E-state index contributed by atoms with van der Waals surface area (Å²) in [6, 6.07) is 6.48. The highest BCUT2D eigenvalue weighted by Gasteiger charge is 2.09. The van der Waals surface area contributed by atoms with Crippen molar-refractivity contribution in [2.45, 2.75) is 6.54 Å². The molecule has 0 aliphatic carbocycles. The van der Waals surface area contributed by atoms with Gasteiger partial charge in [-0.15, -0.1) is 0 Å². The van der Waals surface area contributed by atoms with Crippen LogP contribution in [-0.2, 0) is 6.54 Å². The maximum absolute atomic E-state index is 10.8. The number of aromatic nitrogens is 4. The Hall–Kier alpha value is -3.03. The van der Waals surface area contributed by atoms with Crippen molar-refractivity contribution in [2.75, 3.05) is 12.4 Å². The lowest BCUT2D eigenvalue weighted by Gasteiger charge is -2.04. The van der Waals surface area contributed by atoms with E-state index in [0.717, 1.165) is 10.9 Å². The summed E-state index contributed by atoms with van der Waals surface area (Å²) in [6.07, 6.45) is 3.36. The van der Waals surface area contributed by atoms with Crippen LogP contribution >= 0.6 is 0 Å². The summed E-state index contributed by atoms with van der Waals surface area (Å²) >= 11 is 0. The standard InChI is InChI=1S/C13H12N6O2/c1-14-13-15-6-10-7-16-18(12(10)17-13)8-9-3-2-4-11(5-9)19(20)21/h2-7H,8H2,1H3,(H,14,15,17). The van der Waals surface area contributed by atoms with Crippen LogP contribution in [0.1, 0.15) is 5.56 Å². The highest BCUT2D eigenvalue weighted by atomic mass is 16.6. The van der Waals surface area contributed by atoms with Crippen molar-refractivity contribution >= 4 is 22.7 Å². The van der Waals surface area contributed by atoms with Gasteiger partial charge in [-0.25, -0.2) is 9.67 Å². The van der Waals surface area contributed by atoms with E-state index in [1.165, 1.54) is 12.1 Å². The number of benzene rings is 1. The first-order valence-electron chi connectivity index (χ1n) is 6.27. The van der Waals surface area contributed by atoms with Crippen molar-refractivity contribution in [1.82, 2.24) is 19.7 Å².